The summed E-state index contributed by atoms with van der Waals surface area (Å²) in [7, 11) is 0. The summed E-state index contributed by atoms with van der Waals surface area (Å²) in [5.74, 6) is 0.843. The van der Waals surface area contributed by atoms with Crippen molar-refractivity contribution in [2.45, 2.75) is 85.0 Å². The van der Waals surface area contributed by atoms with Crippen molar-refractivity contribution in [3.05, 3.63) is 46.8 Å². The minimum absolute atomic E-state index is 0.135. The average molecular weight is 377 g/mol. The van der Waals surface area contributed by atoms with E-state index in [1.54, 1.807) is 6.07 Å². The van der Waals surface area contributed by atoms with Crippen molar-refractivity contribution in [1.82, 2.24) is 0 Å². The fourth-order valence-electron chi connectivity index (χ4n) is 3.61. The lowest BCUT2D eigenvalue weighted by atomic mass is 9.86. The van der Waals surface area contributed by atoms with Gasteiger partial charge in [-0.15, -0.1) is 0 Å². The number of aryl methyl sites for hydroxylation is 1. The SMILES string of the molecule is C=C(C=O)Cc1cc(F)c(C(C)CCC(CC)CCC)cc1CCC.C=O. The number of carbonyl (C=O) groups is 2. The van der Waals surface area contributed by atoms with E-state index in [2.05, 4.69) is 34.3 Å². The van der Waals surface area contributed by atoms with Crippen LogP contribution in [-0.4, -0.2) is 13.1 Å². The van der Waals surface area contributed by atoms with E-state index in [0.29, 0.717) is 12.0 Å². The standard InChI is InChI=1S/C23H35FO.CH2O/c1-6-9-19(8-3)12-11-18(5)22-14-20(10-7-2)21(15-23(22)24)13-17(4)16-25;1-2/h14-16,18-19H,4,6-13H2,1-3,5H3;1H2. The predicted molar refractivity (Wildman–Crippen MR) is 113 cm³/mol. The van der Waals surface area contributed by atoms with Gasteiger partial charge in [0.2, 0.25) is 0 Å². The van der Waals surface area contributed by atoms with E-state index < -0.39 is 0 Å². The van der Waals surface area contributed by atoms with Gasteiger partial charge in [-0.05, 0) is 59.4 Å². The second-order valence-corrected chi connectivity index (χ2v) is 7.39. The first-order valence-electron chi connectivity index (χ1n) is 10.2. The number of halogens is 1. The number of hydrogen-bond donors (Lipinski definition) is 0. The third-order valence-electron chi connectivity index (χ3n) is 5.24. The van der Waals surface area contributed by atoms with Gasteiger partial charge in [-0.1, -0.05) is 66.0 Å². The zero-order valence-corrected chi connectivity index (χ0v) is 17.7. The van der Waals surface area contributed by atoms with E-state index in [9.17, 15) is 9.18 Å². The highest BCUT2D eigenvalue weighted by atomic mass is 19.1. The van der Waals surface area contributed by atoms with Crippen LogP contribution in [0.1, 0.15) is 88.8 Å². The van der Waals surface area contributed by atoms with Crippen molar-refractivity contribution in [3.8, 4) is 0 Å². The summed E-state index contributed by atoms with van der Waals surface area (Å²) >= 11 is 0. The highest BCUT2D eigenvalue weighted by molar-refractivity contribution is 5.73. The Bertz CT molecular complexity index is 580. The fraction of sp³-hybridized carbons (Fsp3) is 0.583. The Morgan fingerprint density at radius 3 is 2.26 bits per heavy atom. The molecule has 2 atom stereocenters. The topological polar surface area (TPSA) is 34.1 Å². The number of allylic oxidation sites excluding steroid dienone is 1. The molecule has 1 aromatic rings. The molecule has 0 aromatic heterocycles. The first kappa shape index (κ1) is 25.2. The van der Waals surface area contributed by atoms with Gasteiger partial charge >= 0.3 is 0 Å². The van der Waals surface area contributed by atoms with Crippen molar-refractivity contribution >= 4 is 13.1 Å². The molecule has 0 radical (unpaired) electrons. The lowest BCUT2D eigenvalue weighted by Crippen LogP contribution is -2.06. The van der Waals surface area contributed by atoms with Gasteiger partial charge in [0.05, 0.1) is 0 Å². The van der Waals surface area contributed by atoms with Crippen molar-refractivity contribution in [1.29, 1.82) is 0 Å². The molecule has 0 aliphatic carbocycles. The molecule has 0 bridgehead atoms. The number of hydrogen-bond acceptors (Lipinski definition) is 2. The van der Waals surface area contributed by atoms with E-state index in [1.165, 1.54) is 19.3 Å². The van der Waals surface area contributed by atoms with Crippen LogP contribution in [-0.2, 0) is 22.4 Å². The van der Waals surface area contributed by atoms with Crippen LogP contribution in [0, 0.1) is 11.7 Å². The van der Waals surface area contributed by atoms with Crippen molar-refractivity contribution in [2.75, 3.05) is 0 Å². The molecular weight excluding hydrogens is 339 g/mol. The second kappa shape index (κ2) is 14.3. The van der Waals surface area contributed by atoms with E-state index >= 15 is 0 Å². The van der Waals surface area contributed by atoms with E-state index in [4.69, 9.17) is 4.79 Å². The Morgan fingerprint density at radius 1 is 1.07 bits per heavy atom. The monoisotopic (exact) mass is 376 g/mol. The molecule has 0 N–H and O–H groups in total. The smallest absolute Gasteiger partial charge is 0.145 e. The Kier molecular flexibility index (Phi) is 13.4. The van der Waals surface area contributed by atoms with Gasteiger partial charge in [-0.3, -0.25) is 4.79 Å². The van der Waals surface area contributed by atoms with Crippen LogP contribution < -0.4 is 0 Å². The minimum atomic E-state index is -0.135. The van der Waals surface area contributed by atoms with Crippen molar-refractivity contribution < 1.29 is 14.0 Å². The molecule has 0 aliphatic rings. The van der Waals surface area contributed by atoms with Gasteiger partial charge in [0.15, 0.2) is 0 Å². The van der Waals surface area contributed by atoms with Crippen LogP contribution in [0.3, 0.4) is 0 Å². The second-order valence-electron chi connectivity index (χ2n) is 7.39. The Morgan fingerprint density at radius 2 is 1.74 bits per heavy atom. The van der Waals surface area contributed by atoms with Gasteiger partial charge in [-0.2, -0.15) is 0 Å². The molecule has 3 heteroatoms. The zero-order chi connectivity index (χ0) is 20.8. The third-order valence-corrected chi connectivity index (χ3v) is 5.24. The summed E-state index contributed by atoms with van der Waals surface area (Å²) in [5.41, 5.74) is 3.40. The highest BCUT2D eigenvalue weighted by Crippen LogP contribution is 2.30. The molecule has 0 saturated carbocycles. The molecule has 0 spiro atoms. The molecule has 0 heterocycles. The summed E-state index contributed by atoms with van der Waals surface area (Å²) in [6.07, 6.45) is 9.01. The Hall–Kier alpha value is -1.77. The lowest BCUT2D eigenvalue weighted by molar-refractivity contribution is -0.105. The van der Waals surface area contributed by atoms with Crippen LogP contribution in [0.4, 0.5) is 4.39 Å². The normalized spacial score (nSPS) is 12.6. The molecule has 2 unspecified atom stereocenters. The summed E-state index contributed by atoms with van der Waals surface area (Å²) < 4.78 is 14.7. The largest absolute Gasteiger partial charge is 0.307 e. The molecule has 2 nitrogen and oxygen atoms in total. The number of carbonyl (C=O) groups excluding carboxylic acids is 2. The van der Waals surface area contributed by atoms with Crippen LogP contribution in [0.2, 0.25) is 0 Å². The maximum absolute atomic E-state index is 14.7. The lowest BCUT2D eigenvalue weighted by Gasteiger charge is -2.20. The summed E-state index contributed by atoms with van der Waals surface area (Å²) in [6.45, 7) is 14.5. The van der Waals surface area contributed by atoms with Crippen molar-refractivity contribution in [3.63, 3.8) is 0 Å². The molecule has 1 rings (SSSR count). The van der Waals surface area contributed by atoms with Gasteiger partial charge in [0, 0.05) is 6.42 Å². The molecule has 0 aliphatic heterocycles. The summed E-state index contributed by atoms with van der Waals surface area (Å²) in [6, 6.07) is 3.67. The molecular formula is C24H37FO2. The van der Waals surface area contributed by atoms with Gasteiger partial charge in [-0.25, -0.2) is 4.39 Å². The average Bonchev–Trinajstić information content (AvgIpc) is 2.68. The van der Waals surface area contributed by atoms with E-state index in [1.807, 2.05) is 12.9 Å². The quantitative estimate of drug-likeness (QED) is 0.304. The molecule has 27 heavy (non-hydrogen) atoms. The fourth-order valence-corrected chi connectivity index (χ4v) is 3.61. The molecule has 152 valence electrons. The molecule has 0 amide bonds. The number of benzene rings is 1. The van der Waals surface area contributed by atoms with E-state index in [0.717, 1.165) is 54.6 Å². The number of rotatable bonds is 12. The zero-order valence-electron chi connectivity index (χ0n) is 17.7. The van der Waals surface area contributed by atoms with Gasteiger partial charge in [0.25, 0.3) is 0 Å². The summed E-state index contributed by atoms with van der Waals surface area (Å²) in [4.78, 5) is 18.9. The number of aldehydes is 1. The Labute approximate surface area is 165 Å². The first-order valence-corrected chi connectivity index (χ1v) is 10.2. The predicted octanol–water partition coefficient (Wildman–Crippen LogP) is 6.60. The highest BCUT2D eigenvalue weighted by Gasteiger charge is 2.17. The molecule has 0 fully saturated rings. The Balaban J connectivity index is 0.00000326. The van der Waals surface area contributed by atoms with E-state index in [-0.39, 0.29) is 11.7 Å². The van der Waals surface area contributed by atoms with Gasteiger partial charge < -0.3 is 4.79 Å². The third kappa shape index (κ3) is 8.64. The van der Waals surface area contributed by atoms with Crippen LogP contribution in [0.5, 0.6) is 0 Å². The maximum atomic E-state index is 14.7. The van der Waals surface area contributed by atoms with Crippen LogP contribution >= 0.6 is 0 Å². The molecule has 1 aromatic carbocycles. The van der Waals surface area contributed by atoms with Gasteiger partial charge in [0.1, 0.15) is 18.9 Å². The van der Waals surface area contributed by atoms with Crippen LogP contribution in [0.25, 0.3) is 0 Å². The molecule has 0 saturated heterocycles. The minimum Gasteiger partial charge on any atom is -0.307 e. The van der Waals surface area contributed by atoms with Crippen molar-refractivity contribution in [2.24, 2.45) is 5.92 Å². The maximum Gasteiger partial charge on any atom is 0.145 e. The summed E-state index contributed by atoms with van der Waals surface area (Å²) in [5, 5.41) is 0. The first-order chi connectivity index (χ1) is 13.0. The van der Waals surface area contributed by atoms with Crippen LogP contribution in [0.15, 0.2) is 24.3 Å².